The van der Waals surface area contributed by atoms with Crippen LogP contribution >= 0.6 is 0 Å². The van der Waals surface area contributed by atoms with Crippen molar-refractivity contribution >= 4 is 27.4 Å². The molecule has 0 aliphatic carbocycles. The first-order valence-corrected chi connectivity index (χ1v) is 13.5. The molecule has 1 fully saturated rings. The minimum Gasteiger partial charge on any atom is -0.383 e. The molecular weight excluding hydrogens is 502 g/mol. The summed E-state index contributed by atoms with van der Waals surface area (Å²) in [5, 5.41) is 16.6. The van der Waals surface area contributed by atoms with Gasteiger partial charge in [0.05, 0.1) is 21.7 Å². The highest BCUT2D eigenvalue weighted by molar-refractivity contribution is 7.89. The van der Waals surface area contributed by atoms with Crippen LogP contribution in [0.15, 0.2) is 47.4 Å². The SMILES string of the molecule is CC1(C)c2[nH]nc(NC(=O)c3ccccc3NCC3CCCN3)c2CN1S(=O)(=O)c1cc(F)cc(F)c1. The van der Waals surface area contributed by atoms with E-state index in [4.69, 9.17) is 0 Å². The van der Waals surface area contributed by atoms with Crippen molar-refractivity contribution in [3.8, 4) is 0 Å². The highest BCUT2D eigenvalue weighted by atomic mass is 32.2. The molecular formula is C25H28F2N6O3S. The van der Waals surface area contributed by atoms with Gasteiger partial charge in [-0.3, -0.25) is 9.89 Å². The van der Waals surface area contributed by atoms with Crippen molar-refractivity contribution in [3.63, 3.8) is 0 Å². The van der Waals surface area contributed by atoms with E-state index < -0.39 is 38.0 Å². The third-order valence-electron chi connectivity index (χ3n) is 6.93. The summed E-state index contributed by atoms with van der Waals surface area (Å²) in [6, 6.07) is 9.66. The number of carbonyl (C=O) groups is 1. The number of aromatic amines is 1. The van der Waals surface area contributed by atoms with Crippen LogP contribution in [0.1, 0.15) is 48.3 Å². The first-order chi connectivity index (χ1) is 17.6. The number of nitrogens with one attached hydrogen (secondary N) is 4. The van der Waals surface area contributed by atoms with E-state index in [2.05, 4.69) is 26.1 Å². The number of benzene rings is 2. The van der Waals surface area contributed by atoms with Crippen molar-refractivity contribution in [1.29, 1.82) is 0 Å². The van der Waals surface area contributed by atoms with E-state index in [0.717, 1.165) is 35.8 Å². The first kappa shape index (κ1) is 25.3. The lowest BCUT2D eigenvalue weighted by Crippen LogP contribution is -2.40. The fraction of sp³-hybridized carbons (Fsp3) is 0.360. The molecule has 9 nitrogen and oxygen atoms in total. The number of hydrogen-bond donors (Lipinski definition) is 4. The minimum absolute atomic E-state index is 0.137. The van der Waals surface area contributed by atoms with Gasteiger partial charge in [0, 0.05) is 36.4 Å². The first-order valence-electron chi connectivity index (χ1n) is 12.0. The van der Waals surface area contributed by atoms with E-state index in [9.17, 15) is 22.0 Å². The number of sulfonamides is 1. The number of carbonyl (C=O) groups excluding carboxylic acids is 1. The van der Waals surface area contributed by atoms with Gasteiger partial charge in [0.25, 0.3) is 5.91 Å². The summed E-state index contributed by atoms with van der Waals surface area (Å²) >= 11 is 0. The van der Waals surface area contributed by atoms with E-state index in [1.54, 1.807) is 26.0 Å². The summed E-state index contributed by atoms with van der Waals surface area (Å²) in [7, 11) is -4.27. The second-order valence-corrected chi connectivity index (χ2v) is 11.6. The molecule has 37 heavy (non-hydrogen) atoms. The molecule has 1 amide bonds. The monoisotopic (exact) mass is 530 g/mol. The quantitative estimate of drug-likeness (QED) is 0.371. The van der Waals surface area contributed by atoms with Crippen molar-refractivity contribution in [2.45, 2.75) is 49.7 Å². The van der Waals surface area contributed by atoms with Crippen LogP contribution in [-0.2, 0) is 22.1 Å². The molecule has 1 unspecified atom stereocenters. The zero-order valence-electron chi connectivity index (χ0n) is 20.4. The normalized spacial score (nSPS) is 19.1. The lowest BCUT2D eigenvalue weighted by Gasteiger charge is -2.30. The number of hydrogen-bond acceptors (Lipinski definition) is 6. The van der Waals surface area contributed by atoms with Crippen molar-refractivity contribution in [3.05, 3.63) is 70.9 Å². The number of aromatic nitrogens is 2. The minimum atomic E-state index is -4.27. The Balaban J connectivity index is 1.38. The molecule has 0 spiro atoms. The van der Waals surface area contributed by atoms with Crippen LogP contribution in [0.4, 0.5) is 20.3 Å². The van der Waals surface area contributed by atoms with Crippen molar-refractivity contribution in [2.24, 2.45) is 0 Å². The Morgan fingerprint density at radius 3 is 2.62 bits per heavy atom. The van der Waals surface area contributed by atoms with Crippen molar-refractivity contribution in [2.75, 3.05) is 23.7 Å². The second kappa shape index (κ2) is 9.51. The standard InChI is InChI=1S/C25H28F2N6O3S/c1-25(2)22-20(14-33(25)37(35,36)18-11-15(26)10-16(27)12-18)23(32-31-22)30-24(34)19-7-3-4-8-21(19)29-13-17-6-5-9-28-17/h3-4,7-8,10-12,17,28-29H,5-6,9,13-14H2,1-2H3,(H2,30,31,32,34). The summed E-state index contributed by atoms with van der Waals surface area (Å²) in [4.78, 5) is 12.7. The van der Waals surface area contributed by atoms with Gasteiger partial charge in [-0.15, -0.1) is 0 Å². The molecule has 3 aromatic rings. The summed E-state index contributed by atoms with van der Waals surface area (Å²) in [6.07, 6.45) is 2.19. The topological polar surface area (TPSA) is 119 Å². The van der Waals surface area contributed by atoms with E-state index >= 15 is 0 Å². The predicted octanol–water partition coefficient (Wildman–Crippen LogP) is 3.54. The number of amides is 1. The van der Waals surface area contributed by atoms with Crippen LogP contribution in [0.5, 0.6) is 0 Å². The largest absolute Gasteiger partial charge is 0.383 e. The maximum Gasteiger partial charge on any atom is 0.258 e. The lowest BCUT2D eigenvalue weighted by molar-refractivity contribution is 0.102. The predicted molar refractivity (Wildman–Crippen MR) is 135 cm³/mol. The van der Waals surface area contributed by atoms with Gasteiger partial charge < -0.3 is 16.0 Å². The molecule has 196 valence electrons. The molecule has 2 aliphatic rings. The molecule has 0 saturated carbocycles. The molecule has 5 rings (SSSR count). The van der Waals surface area contributed by atoms with Crippen LogP contribution in [-0.4, -0.2) is 48.0 Å². The molecule has 1 saturated heterocycles. The van der Waals surface area contributed by atoms with Gasteiger partial charge in [-0.05, 0) is 57.5 Å². The average molecular weight is 531 g/mol. The fourth-order valence-electron chi connectivity index (χ4n) is 4.96. The average Bonchev–Trinajstić information content (AvgIpc) is 3.56. The molecule has 2 aromatic carbocycles. The maximum absolute atomic E-state index is 13.8. The summed E-state index contributed by atoms with van der Waals surface area (Å²) < 4.78 is 55.4. The van der Waals surface area contributed by atoms with Gasteiger partial charge in [0.15, 0.2) is 5.82 Å². The van der Waals surface area contributed by atoms with E-state index in [-0.39, 0.29) is 12.4 Å². The zero-order valence-corrected chi connectivity index (χ0v) is 21.3. The number of para-hydroxylation sites is 1. The molecule has 3 heterocycles. The third-order valence-corrected chi connectivity index (χ3v) is 8.93. The smallest absolute Gasteiger partial charge is 0.258 e. The highest BCUT2D eigenvalue weighted by Crippen LogP contribution is 2.44. The number of nitrogens with zero attached hydrogens (tertiary/aromatic N) is 2. The number of halogens is 2. The Bertz CT molecular complexity index is 1430. The summed E-state index contributed by atoms with van der Waals surface area (Å²) in [6.45, 7) is 4.85. The molecule has 1 atom stereocenters. The molecule has 0 bridgehead atoms. The zero-order chi connectivity index (χ0) is 26.4. The fourth-order valence-corrected chi connectivity index (χ4v) is 6.73. The molecule has 4 N–H and O–H groups in total. The van der Waals surface area contributed by atoms with Gasteiger partial charge in [0.2, 0.25) is 10.0 Å². The molecule has 0 radical (unpaired) electrons. The van der Waals surface area contributed by atoms with E-state index in [1.165, 1.54) is 0 Å². The van der Waals surface area contributed by atoms with Gasteiger partial charge in [-0.25, -0.2) is 17.2 Å². The van der Waals surface area contributed by atoms with Crippen LogP contribution < -0.4 is 16.0 Å². The van der Waals surface area contributed by atoms with Gasteiger partial charge in [0.1, 0.15) is 11.6 Å². The highest BCUT2D eigenvalue weighted by Gasteiger charge is 2.48. The summed E-state index contributed by atoms with van der Waals surface area (Å²) in [5.41, 5.74) is 0.967. The van der Waals surface area contributed by atoms with E-state index in [1.807, 2.05) is 12.1 Å². The number of anilines is 2. The molecule has 12 heteroatoms. The molecule has 2 aliphatic heterocycles. The Hall–Kier alpha value is -3.35. The number of H-pyrrole nitrogens is 1. The number of fused-ring (bicyclic) bond motifs is 1. The Morgan fingerprint density at radius 1 is 1.19 bits per heavy atom. The van der Waals surface area contributed by atoms with E-state index in [0.29, 0.717) is 41.2 Å². The van der Waals surface area contributed by atoms with Crippen molar-refractivity contribution < 1.29 is 22.0 Å². The third kappa shape index (κ3) is 4.72. The van der Waals surface area contributed by atoms with Crippen LogP contribution in [0, 0.1) is 11.6 Å². The Kier molecular flexibility index (Phi) is 6.50. The van der Waals surface area contributed by atoms with Gasteiger partial charge >= 0.3 is 0 Å². The van der Waals surface area contributed by atoms with Crippen LogP contribution in [0.2, 0.25) is 0 Å². The van der Waals surface area contributed by atoms with Gasteiger partial charge in [-0.2, -0.15) is 9.40 Å². The maximum atomic E-state index is 13.8. The second-order valence-electron chi connectivity index (χ2n) is 9.78. The van der Waals surface area contributed by atoms with Crippen LogP contribution in [0.25, 0.3) is 0 Å². The Morgan fingerprint density at radius 2 is 1.92 bits per heavy atom. The van der Waals surface area contributed by atoms with Crippen molar-refractivity contribution in [1.82, 2.24) is 19.8 Å². The lowest BCUT2D eigenvalue weighted by atomic mass is 10.0. The Labute approximate surface area is 213 Å². The van der Waals surface area contributed by atoms with Gasteiger partial charge in [-0.1, -0.05) is 12.1 Å². The van der Waals surface area contributed by atoms with Crippen LogP contribution in [0.3, 0.4) is 0 Å². The summed E-state index contributed by atoms with van der Waals surface area (Å²) in [5.74, 6) is -2.18. The number of rotatable bonds is 7. The molecule has 1 aromatic heterocycles.